The first-order valence-corrected chi connectivity index (χ1v) is 6.96. The Hall–Kier alpha value is -2.00. The first-order valence-electron chi connectivity index (χ1n) is 6.96. The molecule has 0 saturated heterocycles. The van der Waals surface area contributed by atoms with Gasteiger partial charge in [-0.1, -0.05) is 36.4 Å². The van der Waals surface area contributed by atoms with Gasteiger partial charge in [0.15, 0.2) is 11.5 Å². The smallest absolute Gasteiger partial charge is 0.161 e. The van der Waals surface area contributed by atoms with Crippen molar-refractivity contribution in [2.24, 2.45) is 0 Å². The first-order chi connectivity index (χ1) is 9.81. The second-order valence-corrected chi connectivity index (χ2v) is 5.12. The molecule has 1 aliphatic rings. The fourth-order valence-electron chi connectivity index (χ4n) is 2.30. The molecule has 3 nitrogen and oxygen atoms in total. The highest BCUT2D eigenvalue weighted by atomic mass is 16.6. The Morgan fingerprint density at radius 1 is 1.10 bits per heavy atom. The van der Waals surface area contributed by atoms with E-state index in [4.69, 9.17) is 9.47 Å². The fourth-order valence-corrected chi connectivity index (χ4v) is 2.30. The Morgan fingerprint density at radius 3 is 2.80 bits per heavy atom. The molecule has 2 aromatic rings. The average Bonchev–Trinajstić information content (AvgIpc) is 2.48. The van der Waals surface area contributed by atoms with Crippen molar-refractivity contribution in [1.29, 1.82) is 0 Å². The predicted molar refractivity (Wildman–Crippen MR) is 79.2 cm³/mol. The molecule has 20 heavy (non-hydrogen) atoms. The van der Waals surface area contributed by atoms with Gasteiger partial charge < -0.3 is 14.8 Å². The van der Waals surface area contributed by atoms with Crippen LogP contribution in [0.4, 0.5) is 0 Å². The zero-order valence-electron chi connectivity index (χ0n) is 11.6. The van der Waals surface area contributed by atoms with Gasteiger partial charge >= 0.3 is 0 Å². The van der Waals surface area contributed by atoms with Crippen LogP contribution < -0.4 is 14.8 Å². The standard InChI is InChI=1S/C17H19NO2/c1-13-7-8-16-17(9-13)19-12-15(20-16)11-18-10-14-5-3-2-4-6-14/h2-9,15,18H,10-12H2,1H3/t15-/m0/s1. The molecule has 0 spiro atoms. The van der Waals surface area contributed by atoms with E-state index >= 15 is 0 Å². The zero-order chi connectivity index (χ0) is 13.8. The summed E-state index contributed by atoms with van der Waals surface area (Å²) in [5.41, 5.74) is 2.47. The Bertz CT molecular complexity index is 568. The highest BCUT2D eigenvalue weighted by molar-refractivity contribution is 5.43. The van der Waals surface area contributed by atoms with Crippen molar-refractivity contribution in [3.63, 3.8) is 0 Å². The van der Waals surface area contributed by atoms with Crippen LogP contribution in [0.1, 0.15) is 11.1 Å². The SMILES string of the molecule is Cc1ccc2c(c1)OC[C@H](CNCc1ccccc1)O2. The lowest BCUT2D eigenvalue weighted by molar-refractivity contribution is 0.0901. The molecule has 0 aromatic heterocycles. The molecule has 1 heterocycles. The van der Waals surface area contributed by atoms with E-state index in [1.807, 2.05) is 24.3 Å². The van der Waals surface area contributed by atoms with Gasteiger partial charge in [-0.15, -0.1) is 0 Å². The molecule has 0 unspecified atom stereocenters. The summed E-state index contributed by atoms with van der Waals surface area (Å²) in [4.78, 5) is 0. The molecule has 1 aliphatic heterocycles. The van der Waals surface area contributed by atoms with Gasteiger partial charge in [0.2, 0.25) is 0 Å². The summed E-state index contributed by atoms with van der Waals surface area (Å²) in [7, 11) is 0. The number of aryl methyl sites for hydroxylation is 1. The largest absolute Gasteiger partial charge is 0.486 e. The number of rotatable bonds is 4. The summed E-state index contributed by atoms with van der Waals surface area (Å²) >= 11 is 0. The molecule has 3 rings (SSSR count). The van der Waals surface area contributed by atoms with Crippen LogP contribution in [0.3, 0.4) is 0 Å². The van der Waals surface area contributed by atoms with Crippen molar-refractivity contribution < 1.29 is 9.47 Å². The highest BCUT2D eigenvalue weighted by Gasteiger charge is 2.20. The number of benzene rings is 2. The molecular weight excluding hydrogens is 250 g/mol. The van der Waals surface area contributed by atoms with Crippen LogP contribution in [0.2, 0.25) is 0 Å². The van der Waals surface area contributed by atoms with E-state index in [2.05, 4.69) is 36.5 Å². The molecule has 1 atom stereocenters. The van der Waals surface area contributed by atoms with E-state index in [1.165, 1.54) is 11.1 Å². The molecule has 0 bridgehead atoms. The molecule has 104 valence electrons. The van der Waals surface area contributed by atoms with Gasteiger partial charge in [0.05, 0.1) is 0 Å². The van der Waals surface area contributed by atoms with Crippen LogP contribution in [0, 0.1) is 6.92 Å². The maximum absolute atomic E-state index is 5.94. The van der Waals surface area contributed by atoms with E-state index in [1.54, 1.807) is 0 Å². The molecule has 0 amide bonds. The molecule has 0 saturated carbocycles. The number of hydrogen-bond acceptors (Lipinski definition) is 3. The summed E-state index contributed by atoms with van der Waals surface area (Å²) < 4.78 is 11.7. The lowest BCUT2D eigenvalue weighted by Crippen LogP contribution is -2.38. The van der Waals surface area contributed by atoms with E-state index in [-0.39, 0.29) is 6.10 Å². The summed E-state index contributed by atoms with van der Waals surface area (Å²) in [5, 5.41) is 3.41. The molecule has 2 aromatic carbocycles. The Balaban J connectivity index is 1.52. The maximum atomic E-state index is 5.94. The fraction of sp³-hybridized carbons (Fsp3) is 0.294. The third-order valence-corrected chi connectivity index (χ3v) is 3.36. The normalized spacial score (nSPS) is 16.9. The lowest BCUT2D eigenvalue weighted by Gasteiger charge is -2.27. The van der Waals surface area contributed by atoms with Crippen LogP contribution in [-0.4, -0.2) is 19.3 Å². The van der Waals surface area contributed by atoms with Crippen molar-refractivity contribution in [1.82, 2.24) is 5.32 Å². The Labute approximate surface area is 119 Å². The summed E-state index contributed by atoms with van der Waals surface area (Å²) in [6.07, 6.45) is 0.0638. The topological polar surface area (TPSA) is 30.5 Å². The Kier molecular flexibility index (Phi) is 3.88. The van der Waals surface area contributed by atoms with Crippen molar-refractivity contribution in [3.05, 3.63) is 59.7 Å². The van der Waals surface area contributed by atoms with Gasteiger partial charge in [-0.3, -0.25) is 0 Å². The summed E-state index contributed by atoms with van der Waals surface area (Å²) in [6.45, 7) is 4.28. The molecule has 1 N–H and O–H groups in total. The van der Waals surface area contributed by atoms with E-state index < -0.39 is 0 Å². The van der Waals surface area contributed by atoms with Gasteiger partial charge in [0.1, 0.15) is 12.7 Å². The molecule has 0 fully saturated rings. The minimum Gasteiger partial charge on any atom is -0.486 e. The van der Waals surface area contributed by atoms with Gasteiger partial charge in [-0.2, -0.15) is 0 Å². The number of ether oxygens (including phenoxy) is 2. The van der Waals surface area contributed by atoms with Gasteiger partial charge in [-0.25, -0.2) is 0 Å². The number of nitrogens with one attached hydrogen (secondary N) is 1. The average molecular weight is 269 g/mol. The van der Waals surface area contributed by atoms with Crippen molar-refractivity contribution in [2.45, 2.75) is 19.6 Å². The van der Waals surface area contributed by atoms with Gasteiger partial charge in [-0.05, 0) is 30.2 Å². The second-order valence-electron chi connectivity index (χ2n) is 5.12. The molecule has 0 radical (unpaired) electrons. The molecule has 0 aliphatic carbocycles. The Morgan fingerprint density at radius 2 is 1.95 bits per heavy atom. The maximum Gasteiger partial charge on any atom is 0.161 e. The van der Waals surface area contributed by atoms with Crippen LogP contribution in [-0.2, 0) is 6.54 Å². The lowest BCUT2D eigenvalue weighted by atomic mass is 10.2. The van der Waals surface area contributed by atoms with Crippen molar-refractivity contribution >= 4 is 0 Å². The van der Waals surface area contributed by atoms with E-state index in [0.29, 0.717) is 6.61 Å². The minimum absolute atomic E-state index is 0.0638. The van der Waals surface area contributed by atoms with Crippen LogP contribution in [0.25, 0.3) is 0 Å². The van der Waals surface area contributed by atoms with Gasteiger partial charge in [0, 0.05) is 13.1 Å². The van der Waals surface area contributed by atoms with Crippen molar-refractivity contribution in [3.8, 4) is 11.5 Å². The molecule has 3 heteroatoms. The third-order valence-electron chi connectivity index (χ3n) is 3.36. The molecular formula is C17H19NO2. The van der Waals surface area contributed by atoms with Crippen molar-refractivity contribution in [2.75, 3.05) is 13.2 Å². The zero-order valence-corrected chi connectivity index (χ0v) is 11.6. The first kappa shape index (κ1) is 13.0. The summed E-state index contributed by atoms with van der Waals surface area (Å²) in [5.74, 6) is 1.69. The highest BCUT2D eigenvalue weighted by Crippen LogP contribution is 2.32. The van der Waals surface area contributed by atoms with Crippen LogP contribution in [0.5, 0.6) is 11.5 Å². The predicted octanol–water partition coefficient (Wildman–Crippen LogP) is 2.92. The summed E-state index contributed by atoms with van der Waals surface area (Å²) in [6, 6.07) is 16.4. The second kappa shape index (κ2) is 5.97. The number of hydrogen-bond donors (Lipinski definition) is 1. The van der Waals surface area contributed by atoms with E-state index in [0.717, 1.165) is 24.6 Å². The van der Waals surface area contributed by atoms with E-state index in [9.17, 15) is 0 Å². The van der Waals surface area contributed by atoms with Crippen LogP contribution in [0.15, 0.2) is 48.5 Å². The monoisotopic (exact) mass is 269 g/mol. The third kappa shape index (κ3) is 3.11. The van der Waals surface area contributed by atoms with Crippen LogP contribution >= 0.6 is 0 Å². The van der Waals surface area contributed by atoms with Gasteiger partial charge in [0.25, 0.3) is 0 Å². The number of fused-ring (bicyclic) bond motifs is 1. The quantitative estimate of drug-likeness (QED) is 0.925. The minimum atomic E-state index is 0.0638.